The van der Waals surface area contributed by atoms with Crippen molar-refractivity contribution in [2.24, 2.45) is 0 Å². The Morgan fingerprint density at radius 3 is 2.65 bits per heavy atom. The highest BCUT2D eigenvalue weighted by atomic mass is 32.2. The average molecular weight is 250 g/mol. The van der Waals surface area contributed by atoms with E-state index in [1.54, 1.807) is 18.3 Å². The summed E-state index contributed by atoms with van der Waals surface area (Å²) in [7, 11) is -3.69. The minimum absolute atomic E-state index is 0.00125. The van der Waals surface area contributed by atoms with Gasteiger partial charge in [-0.15, -0.1) is 0 Å². The Morgan fingerprint density at radius 2 is 2.00 bits per heavy atom. The molecular formula is C11H10N2O3S. The maximum Gasteiger partial charge on any atom is 0.262 e. The zero-order valence-electron chi connectivity index (χ0n) is 8.74. The molecule has 5 nitrogen and oxygen atoms in total. The molecule has 6 heteroatoms. The minimum atomic E-state index is -3.69. The van der Waals surface area contributed by atoms with Crippen LogP contribution in [0.2, 0.25) is 0 Å². The summed E-state index contributed by atoms with van der Waals surface area (Å²) in [6.07, 6.45) is 2.95. The molecule has 1 heterocycles. The minimum Gasteiger partial charge on any atom is -0.508 e. The number of nitrogens with one attached hydrogen (secondary N) is 1. The normalized spacial score (nSPS) is 11.1. The van der Waals surface area contributed by atoms with E-state index in [-0.39, 0.29) is 10.6 Å². The molecule has 17 heavy (non-hydrogen) atoms. The second-order valence-corrected chi connectivity index (χ2v) is 5.03. The lowest BCUT2D eigenvalue weighted by Gasteiger charge is -2.07. The third kappa shape index (κ3) is 2.73. The number of anilines is 1. The van der Waals surface area contributed by atoms with Gasteiger partial charge in [0.05, 0.1) is 16.8 Å². The fraction of sp³-hybridized carbons (Fsp3) is 0. The predicted octanol–water partition coefficient (Wildman–Crippen LogP) is 1.59. The summed E-state index contributed by atoms with van der Waals surface area (Å²) in [5, 5.41) is 9.24. The van der Waals surface area contributed by atoms with Crippen LogP contribution in [0.3, 0.4) is 0 Å². The van der Waals surface area contributed by atoms with Crippen molar-refractivity contribution in [1.29, 1.82) is 0 Å². The summed E-state index contributed by atoms with van der Waals surface area (Å²) in [5.74, 6) is -0.0981. The van der Waals surface area contributed by atoms with Crippen LogP contribution in [-0.4, -0.2) is 18.5 Å². The van der Waals surface area contributed by atoms with Gasteiger partial charge in [-0.25, -0.2) is 8.42 Å². The van der Waals surface area contributed by atoms with Gasteiger partial charge in [0, 0.05) is 12.3 Å². The van der Waals surface area contributed by atoms with Crippen molar-refractivity contribution in [1.82, 2.24) is 4.98 Å². The SMILES string of the molecule is O=S(=O)(Nc1cccnc1)c1cccc(O)c1. The van der Waals surface area contributed by atoms with E-state index < -0.39 is 10.0 Å². The van der Waals surface area contributed by atoms with Crippen molar-refractivity contribution < 1.29 is 13.5 Å². The molecule has 0 aliphatic rings. The van der Waals surface area contributed by atoms with Crippen molar-refractivity contribution in [3.8, 4) is 5.75 Å². The van der Waals surface area contributed by atoms with Gasteiger partial charge in [0.15, 0.2) is 0 Å². The highest BCUT2D eigenvalue weighted by molar-refractivity contribution is 7.92. The fourth-order valence-electron chi connectivity index (χ4n) is 1.29. The van der Waals surface area contributed by atoms with Crippen LogP contribution in [0.4, 0.5) is 5.69 Å². The van der Waals surface area contributed by atoms with Crippen molar-refractivity contribution in [2.75, 3.05) is 4.72 Å². The number of rotatable bonds is 3. The number of benzene rings is 1. The van der Waals surface area contributed by atoms with Gasteiger partial charge in [-0.3, -0.25) is 9.71 Å². The number of nitrogens with zero attached hydrogens (tertiary/aromatic N) is 1. The van der Waals surface area contributed by atoms with E-state index in [0.717, 1.165) is 0 Å². The van der Waals surface area contributed by atoms with Crippen molar-refractivity contribution in [2.45, 2.75) is 4.90 Å². The largest absolute Gasteiger partial charge is 0.508 e. The van der Waals surface area contributed by atoms with Crippen LogP contribution < -0.4 is 4.72 Å². The molecule has 0 aliphatic heterocycles. The summed E-state index contributed by atoms with van der Waals surface area (Å²) in [6.45, 7) is 0. The summed E-state index contributed by atoms with van der Waals surface area (Å²) >= 11 is 0. The van der Waals surface area contributed by atoms with Gasteiger partial charge in [-0.1, -0.05) is 6.07 Å². The summed E-state index contributed by atoms with van der Waals surface area (Å²) in [5.41, 5.74) is 0.371. The molecule has 88 valence electrons. The van der Waals surface area contributed by atoms with Crippen LogP contribution in [0.1, 0.15) is 0 Å². The number of aromatic hydroxyl groups is 1. The highest BCUT2D eigenvalue weighted by Crippen LogP contribution is 2.18. The van der Waals surface area contributed by atoms with Crippen LogP contribution in [-0.2, 0) is 10.0 Å². The van der Waals surface area contributed by atoms with Gasteiger partial charge in [-0.05, 0) is 24.3 Å². The maximum absolute atomic E-state index is 11.9. The Morgan fingerprint density at radius 1 is 1.18 bits per heavy atom. The second-order valence-electron chi connectivity index (χ2n) is 3.34. The zero-order valence-corrected chi connectivity index (χ0v) is 9.55. The Kier molecular flexibility index (Phi) is 2.97. The molecule has 2 aromatic rings. The molecule has 0 bridgehead atoms. The predicted molar refractivity (Wildman–Crippen MR) is 63.2 cm³/mol. The number of pyridine rings is 1. The van der Waals surface area contributed by atoms with E-state index in [0.29, 0.717) is 5.69 Å². The average Bonchev–Trinajstić information content (AvgIpc) is 2.30. The summed E-state index contributed by atoms with van der Waals surface area (Å²) < 4.78 is 26.2. The molecular weight excluding hydrogens is 240 g/mol. The lowest BCUT2D eigenvalue weighted by atomic mass is 10.3. The smallest absolute Gasteiger partial charge is 0.262 e. The molecule has 0 fully saturated rings. The molecule has 0 radical (unpaired) electrons. The highest BCUT2D eigenvalue weighted by Gasteiger charge is 2.14. The molecule has 0 saturated heterocycles. The van der Waals surface area contributed by atoms with Gasteiger partial charge in [0.2, 0.25) is 0 Å². The second kappa shape index (κ2) is 4.42. The van der Waals surface area contributed by atoms with Crippen LogP contribution in [0.15, 0.2) is 53.7 Å². The molecule has 0 amide bonds. The van der Waals surface area contributed by atoms with Gasteiger partial charge < -0.3 is 5.11 Å². The molecule has 0 saturated carbocycles. The fourth-order valence-corrected chi connectivity index (χ4v) is 2.37. The first-order valence-corrected chi connectivity index (χ1v) is 6.28. The van der Waals surface area contributed by atoms with Crippen LogP contribution in [0, 0.1) is 0 Å². The van der Waals surface area contributed by atoms with Crippen molar-refractivity contribution in [3.63, 3.8) is 0 Å². The number of aromatic nitrogens is 1. The van der Waals surface area contributed by atoms with Gasteiger partial charge >= 0.3 is 0 Å². The van der Waals surface area contributed by atoms with Crippen molar-refractivity contribution >= 4 is 15.7 Å². The monoisotopic (exact) mass is 250 g/mol. The quantitative estimate of drug-likeness (QED) is 0.867. The number of hydrogen-bond acceptors (Lipinski definition) is 4. The van der Waals surface area contributed by atoms with Crippen molar-refractivity contribution in [3.05, 3.63) is 48.8 Å². The van der Waals surface area contributed by atoms with Gasteiger partial charge in [-0.2, -0.15) is 0 Å². The van der Waals surface area contributed by atoms with E-state index in [1.807, 2.05) is 0 Å². The first kappa shape index (κ1) is 11.4. The molecule has 1 aromatic heterocycles. The Hall–Kier alpha value is -2.08. The number of sulfonamides is 1. The van der Waals surface area contributed by atoms with Crippen LogP contribution in [0.25, 0.3) is 0 Å². The third-order valence-corrected chi connectivity index (χ3v) is 3.42. The third-order valence-electron chi connectivity index (χ3n) is 2.04. The van der Waals surface area contributed by atoms with E-state index in [4.69, 9.17) is 0 Å². The molecule has 1 aromatic carbocycles. The lowest BCUT2D eigenvalue weighted by Crippen LogP contribution is -2.12. The zero-order chi connectivity index (χ0) is 12.3. The van der Waals surface area contributed by atoms with Crippen LogP contribution >= 0.6 is 0 Å². The molecule has 0 spiro atoms. The molecule has 0 unspecified atom stereocenters. The first-order valence-electron chi connectivity index (χ1n) is 4.80. The molecule has 2 rings (SSSR count). The standard InChI is InChI=1S/C11H10N2O3S/c14-10-4-1-5-11(7-10)17(15,16)13-9-3-2-6-12-8-9/h1-8,13-14H. The van der Waals surface area contributed by atoms with E-state index >= 15 is 0 Å². The number of hydrogen-bond donors (Lipinski definition) is 2. The molecule has 0 aliphatic carbocycles. The Bertz CT molecular complexity index is 612. The van der Waals surface area contributed by atoms with E-state index in [1.165, 1.54) is 30.5 Å². The summed E-state index contributed by atoms with van der Waals surface area (Å²) in [4.78, 5) is 3.80. The number of phenols is 1. The maximum atomic E-state index is 11.9. The first-order chi connectivity index (χ1) is 8.08. The van der Waals surface area contributed by atoms with E-state index in [2.05, 4.69) is 9.71 Å². The Labute approximate surface area is 98.8 Å². The lowest BCUT2D eigenvalue weighted by molar-refractivity contribution is 0.473. The molecule has 0 atom stereocenters. The topological polar surface area (TPSA) is 79.3 Å². The van der Waals surface area contributed by atoms with Crippen LogP contribution in [0.5, 0.6) is 5.75 Å². The summed E-state index contributed by atoms with van der Waals surface area (Å²) in [6, 6.07) is 8.67. The molecule has 2 N–H and O–H groups in total. The number of phenolic OH excluding ortho intramolecular Hbond substituents is 1. The van der Waals surface area contributed by atoms with E-state index in [9.17, 15) is 13.5 Å². The van der Waals surface area contributed by atoms with Gasteiger partial charge in [0.25, 0.3) is 10.0 Å². The Balaban J connectivity index is 2.32. The van der Waals surface area contributed by atoms with Gasteiger partial charge in [0.1, 0.15) is 5.75 Å².